The SMILES string of the molecule is CCc1cc(Cl)ccc1[C@@H](N)CO. The van der Waals surface area contributed by atoms with Crippen molar-refractivity contribution in [3.05, 3.63) is 34.3 Å². The standard InChI is InChI=1S/C10H14ClNO/c1-2-7-5-8(11)3-4-9(7)10(12)6-13/h3-5,10,13H,2,6,12H2,1H3/t10-/m0/s1. The third-order valence-corrected chi connectivity index (χ3v) is 2.32. The first-order valence-corrected chi connectivity index (χ1v) is 4.71. The zero-order valence-electron chi connectivity index (χ0n) is 7.63. The maximum Gasteiger partial charge on any atom is 0.0624 e. The van der Waals surface area contributed by atoms with Gasteiger partial charge < -0.3 is 10.8 Å². The van der Waals surface area contributed by atoms with Crippen molar-refractivity contribution in [2.45, 2.75) is 19.4 Å². The molecule has 0 aromatic heterocycles. The zero-order chi connectivity index (χ0) is 9.84. The van der Waals surface area contributed by atoms with Crippen molar-refractivity contribution in [3.8, 4) is 0 Å². The number of aryl methyl sites for hydroxylation is 1. The first kappa shape index (κ1) is 10.5. The van der Waals surface area contributed by atoms with Crippen LogP contribution in [0, 0.1) is 0 Å². The molecule has 0 heterocycles. The third kappa shape index (κ3) is 2.44. The molecule has 72 valence electrons. The topological polar surface area (TPSA) is 46.2 Å². The summed E-state index contributed by atoms with van der Waals surface area (Å²) in [5.41, 5.74) is 7.81. The number of hydrogen-bond acceptors (Lipinski definition) is 2. The van der Waals surface area contributed by atoms with Gasteiger partial charge in [-0.1, -0.05) is 24.6 Å². The molecule has 0 spiro atoms. The predicted molar refractivity (Wildman–Crippen MR) is 54.8 cm³/mol. The second-order valence-corrected chi connectivity index (χ2v) is 3.42. The first-order chi connectivity index (χ1) is 6.19. The van der Waals surface area contributed by atoms with E-state index < -0.39 is 0 Å². The molecular formula is C10H14ClNO. The minimum atomic E-state index is -0.299. The van der Waals surface area contributed by atoms with Crippen LogP contribution in [0.15, 0.2) is 18.2 Å². The molecule has 0 fully saturated rings. The maximum atomic E-state index is 8.92. The molecule has 1 aromatic rings. The van der Waals surface area contributed by atoms with E-state index in [1.807, 2.05) is 19.1 Å². The lowest BCUT2D eigenvalue weighted by molar-refractivity contribution is 0.267. The van der Waals surface area contributed by atoms with E-state index in [4.69, 9.17) is 22.4 Å². The quantitative estimate of drug-likeness (QED) is 0.781. The van der Waals surface area contributed by atoms with E-state index in [9.17, 15) is 0 Å². The Bertz CT molecular complexity index is 288. The van der Waals surface area contributed by atoms with Crippen molar-refractivity contribution >= 4 is 11.6 Å². The molecule has 0 aliphatic rings. The summed E-state index contributed by atoms with van der Waals surface area (Å²) >= 11 is 5.84. The van der Waals surface area contributed by atoms with E-state index in [0.717, 1.165) is 17.5 Å². The van der Waals surface area contributed by atoms with Crippen LogP contribution in [0.5, 0.6) is 0 Å². The Labute approximate surface area is 83.3 Å². The molecule has 0 saturated heterocycles. The van der Waals surface area contributed by atoms with E-state index in [2.05, 4.69) is 0 Å². The van der Waals surface area contributed by atoms with Gasteiger partial charge >= 0.3 is 0 Å². The minimum absolute atomic E-state index is 0.0331. The average Bonchev–Trinajstić information content (AvgIpc) is 2.16. The van der Waals surface area contributed by atoms with Gasteiger partial charge in [0, 0.05) is 5.02 Å². The Morgan fingerprint density at radius 3 is 2.77 bits per heavy atom. The highest BCUT2D eigenvalue weighted by molar-refractivity contribution is 6.30. The normalized spacial score (nSPS) is 12.9. The van der Waals surface area contributed by atoms with Gasteiger partial charge in [-0.15, -0.1) is 0 Å². The molecular weight excluding hydrogens is 186 g/mol. The van der Waals surface area contributed by atoms with Crippen LogP contribution in [0.4, 0.5) is 0 Å². The van der Waals surface area contributed by atoms with Gasteiger partial charge in [0.25, 0.3) is 0 Å². The Kier molecular flexibility index (Phi) is 3.72. The molecule has 0 unspecified atom stereocenters. The highest BCUT2D eigenvalue weighted by Gasteiger charge is 2.08. The molecule has 3 N–H and O–H groups in total. The van der Waals surface area contributed by atoms with Gasteiger partial charge in [0.2, 0.25) is 0 Å². The van der Waals surface area contributed by atoms with E-state index in [-0.39, 0.29) is 12.6 Å². The molecule has 0 saturated carbocycles. The van der Waals surface area contributed by atoms with Crippen LogP contribution in [-0.2, 0) is 6.42 Å². The summed E-state index contributed by atoms with van der Waals surface area (Å²) in [5, 5.41) is 9.63. The van der Waals surface area contributed by atoms with E-state index in [1.54, 1.807) is 6.07 Å². The van der Waals surface area contributed by atoms with Crippen molar-refractivity contribution in [1.29, 1.82) is 0 Å². The van der Waals surface area contributed by atoms with Crippen molar-refractivity contribution in [3.63, 3.8) is 0 Å². The third-order valence-electron chi connectivity index (χ3n) is 2.08. The van der Waals surface area contributed by atoms with Crippen LogP contribution in [0.1, 0.15) is 24.1 Å². The van der Waals surface area contributed by atoms with Crippen LogP contribution in [0.2, 0.25) is 5.02 Å². The van der Waals surface area contributed by atoms with Crippen molar-refractivity contribution in [2.24, 2.45) is 5.73 Å². The van der Waals surface area contributed by atoms with Crippen LogP contribution in [-0.4, -0.2) is 11.7 Å². The van der Waals surface area contributed by atoms with Crippen LogP contribution < -0.4 is 5.73 Å². The summed E-state index contributed by atoms with van der Waals surface area (Å²) in [7, 11) is 0. The Balaban J connectivity index is 3.05. The molecule has 1 aromatic carbocycles. The van der Waals surface area contributed by atoms with Crippen LogP contribution in [0.25, 0.3) is 0 Å². The summed E-state index contributed by atoms with van der Waals surface area (Å²) in [6.07, 6.45) is 0.879. The molecule has 2 nitrogen and oxygen atoms in total. The zero-order valence-corrected chi connectivity index (χ0v) is 8.38. The lowest BCUT2D eigenvalue weighted by Crippen LogP contribution is -2.16. The highest BCUT2D eigenvalue weighted by Crippen LogP contribution is 2.20. The van der Waals surface area contributed by atoms with Gasteiger partial charge in [-0.25, -0.2) is 0 Å². The molecule has 0 aliphatic carbocycles. The number of aliphatic hydroxyl groups excluding tert-OH is 1. The Morgan fingerprint density at radius 2 is 2.23 bits per heavy atom. The van der Waals surface area contributed by atoms with E-state index >= 15 is 0 Å². The van der Waals surface area contributed by atoms with Crippen molar-refractivity contribution < 1.29 is 5.11 Å². The van der Waals surface area contributed by atoms with Crippen molar-refractivity contribution in [1.82, 2.24) is 0 Å². The van der Waals surface area contributed by atoms with E-state index in [1.165, 1.54) is 0 Å². The molecule has 0 amide bonds. The summed E-state index contributed by atoms with van der Waals surface area (Å²) in [5.74, 6) is 0. The number of aliphatic hydroxyl groups is 1. The number of rotatable bonds is 3. The largest absolute Gasteiger partial charge is 0.394 e. The van der Waals surface area contributed by atoms with Gasteiger partial charge in [-0.05, 0) is 29.7 Å². The van der Waals surface area contributed by atoms with Crippen molar-refractivity contribution in [2.75, 3.05) is 6.61 Å². The van der Waals surface area contributed by atoms with E-state index in [0.29, 0.717) is 5.02 Å². The number of halogens is 1. The van der Waals surface area contributed by atoms with Crippen LogP contribution in [0.3, 0.4) is 0 Å². The second-order valence-electron chi connectivity index (χ2n) is 2.99. The van der Waals surface area contributed by atoms with Gasteiger partial charge in [0.05, 0.1) is 12.6 Å². The fourth-order valence-corrected chi connectivity index (χ4v) is 1.54. The Hall–Kier alpha value is -0.570. The minimum Gasteiger partial charge on any atom is -0.394 e. The number of benzene rings is 1. The summed E-state index contributed by atoms with van der Waals surface area (Å²) < 4.78 is 0. The fraction of sp³-hybridized carbons (Fsp3) is 0.400. The monoisotopic (exact) mass is 199 g/mol. The Morgan fingerprint density at radius 1 is 1.54 bits per heavy atom. The molecule has 13 heavy (non-hydrogen) atoms. The van der Waals surface area contributed by atoms with Gasteiger partial charge in [0.1, 0.15) is 0 Å². The lowest BCUT2D eigenvalue weighted by atomic mass is 10.00. The fourth-order valence-electron chi connectivity index (χ4n) is 1.34. The molecule has 3 heteroatoms. The summed E-state index contributed by atoms with van der Waals surface area (Å²) in [6.45, 7) is 2.01. The smallest absolute Gasteiger partial charge is 0.0624 e. The molecule has 1 rings (SSSR count). The van der Waals surface area contributed by atoms with Gasteiger partial charge in [-0.3, -0.25) is 0 Å². The maximum absolute atomic E-state index is 8.92. The average molecular weight is 200 g/mol. The molecule has 0 bridgehead atoms. The molecule has 0 radical (unpaired) electrons. The lowest BCUT2D eigenvalue weighted by Gasteiger charge is -2.13. The number of hydrogen-bond donors (Lipinski definition) is 2. The predicted octanol–water partition coefficient (Wildman–Crippen LogP) is 1.89. The van der Waals surface area contributed by atoms with Gasteiger partial charge in [0.15, 0.2) is 0 Å². The molecule has 0 aliphatic heterocycles. The number of nitrogens with two attached hydrogens (primary N) is 1. The van der Waals surface area contributed by atoms with Gasteiger partial charge in [-0.2, -0.15) is 0 Å². The molecule has 1 atom stereocenters. The first-order valence-electron chi connectivity index (χ1n) is 4.33. The summed E-state index contributed by atoms with van der Waals surface area (Å²) in [4.78, 5) is 0. The highest BCUT2D eigenvalue weighted by atomic mass is 35.5. The van der Waals surface area contributed by atoms with Crippen LogP contribution >= 0.6 is 11.6 Å². The second kappa shape index (κ2) is 4.61. The summed E-state index contributed by atoms with van der Waals surface area (Å²) in [6, 6.07) is 5.27.